The standard InChI is InChI=1S/4CH4O3S.Ir/c4*1-5(2,3)4;/h4*1H3,(H,2,3,4);/p-4. The Labute approximate surface area is 137 Å². The SMILES string of the molecule is CS(=O)(=O)[O-].CS(=O)(=O)[O-].CS(=O)(=O)[O-].CS(=O)(=O)[O-].[Ir]. The summed E-state index contributed by atoms with van der Waals surface area (Å²) in [6.45, 7) is 0. The van der Waals surface area contributed by atoms with E-state index in [4.69, 9.17) is 51.9 Å². The van der Waals surface area contributed by atoms with E-state index in [9.17, 15) is 0 Å². The van der Waals surface area contributed by atoms with Gasteiger partial charge >= 0.3 is 0 Å². The Balaban J connectivity index is -0.0000000533. The van der Waals surface area contributed by atoms with Gasteiger partial charge in [-0.3, -0.25) is 0 Å². The Bertz CT molecular complexity index is 486. The summed E-state index contributed by atoms with van der Waals surface area (Å²) in [6.07, 6.45) is 2.42. The fraction of sp³-hybridized carbons (Fsp3) is 1.00. The van der Waals surface area contributed by atoms with E-state index in [0.29, 0.717) is 25.0 Å². The molecule has 1 radical (unpaired) electrons. The average molecular weight is 573 g/mol. The molecule has 17 heteroatoms. The Morgan fingerprint density at radius 1 is 0.429 bits per heavy atom. The second-order valence-electron chi connectivity index (χ2n) is 2.82. The van der Waals surface area contributed by atoms with E-state index in [-0.39, 0.29) is 20.1 Å². The molecule has 0 rings (SSSR count). The first-order valence-corrected chi connectivity index (χ1v) is 10.9. The monoisotopic (exact) mass is 573 g/mol. The van der Waals surface area contributed by atoms with Gasteiger partial charge in [-0.15, -0.1) is 0 Å². The van der Waals surface area contributed by atoms with Gasteiger partial charge in [0.25, 0.3) is 0 Å². The fourth-order valence-corrected chi connectivity index (χ4v) is 0. The van der Waals surface area contributed by atoms with E-state index in [2.05, 4.69) is 0 Å². The van der Waals surface area contributed by atoms with Crippen molar-refractivity contribution in [3.63, 3.8) is 0 Å². The van der Waals surface area contributed by atoms with Gasteiger partial charge in [0.1, 0.15) is 0 Å². The molecule has 0 unspecified atom stereocenters. The summed E-state index contributed by atoms with van der Waals surface area (Å²) in [5.74, 6) is 0. The molecular formula is C4H12IrO12S4-4. The molecule has 21 heavy (non-hydrogen) atoms. The van der Waals surface area contributed by atoms with Gasteiger partial charge in [0.15, 0.2) is 0 Å². The van der Waals surface area contributed by atoms with Gasteiger partial charge in [-0.05, 0) is 0 Å². The third-order valence-electron chi connectivity index (χ3n) is 0. The first-order chi connectivity index (χ1) is 8.00. The van der Waals surface area contributed by atoms with E-state index in [1.807, 2.05) is 0 Å². The second kappa shape index (κ2) is 12.8. The van der Waals surface area contributed by atoms with E-state index in [0.717, 1.165) is 0 Å². The molecule has 0 aliphatic rings. The minimum atomic E-state index is -3.92. The van der Waals surface area contributed by atoms with Gasteiger partial charge in [-0.1, -0.05) is 0 Å². The topological polar surface area (TPSA) is 229 Å². The van der Waals surface area contributed by atoms with Gasteiger partial charge < -0.3 is 18.2 Å². The Morgan fingerprint density at radius 3 is 0.429 bits per heavy atom. The molecule has 0 aromatic heterocycles. The summed E-state index contributed by atoms with van der Waals surface area (Å²) < 4.78 is 109. The van der Waals surface area contributed by atoms with Crippen LogP contribution in [0.1, 0.15) is 0 Å². The van der Waals surface area contributed by atoms with Crippen molar-refractivity contribution >= 4 is 40.5 Å². The first-order valence-electron chi connectivity index (χ1n) is 3.63. The van der Waals surface area contributed by atoms with Crippen LogP contribution in [-0.2, 0) is 60.6 Å². The van der Waals surface area contributed by atoms with Crippen LogP contribution in [0.3, 0.4) is 0 Å². The van der Waals surface area contributed by atoms with Gasteiger partial charge in [0.05, 0.1) is 40.5 Å². The summed E-state index contributed by atoms with van der Waals surface area (Å²) in [4.78, 5) is 0. The summed E-state index contributed by atoms with van der Waals surface area (Å²) in [6, 6.07) is 0. The van der Waals surface area contributed by atoms with E-state index >= 15 is 0 Å². The van der Waals surface area contributed by atoms with Gasteiger partial charge in [0, 0.05) is 45.1 Å². The summed E-state index contributed by atoms with van der Waals surface area (Å²) in [5.41, 5.74) is 0. The average Bonchev–Trinajstić information content (AvgIpc) is 1.62. The van der Waals surface area contributed by atoms with Crippen molar-refractivity contribution in [1.29, 1.82) is 0 Å². The smallest absolute Gasteiger partial charge is 0.0916 e. The maximum absolute atomic E-state index is 9.08. The normalized spacial score (nSPS) is 11.0. The van der Waals surface area contributed by atoms with Crippen LogP contribution in [0.2, 0.25) is 0 Å². The van der Waals surface area contributed by atoms with Crippen LogP contribution < -0.4 is 0 Å². The summed E-state index contributed by atoms with van der Waals surface area (Å²) in [7, 11) is -15.7. The van der Waals surface area contributed by atoms with Crippen molar-refractivity contribution in [2.45, 2.75) is 0 Å². The van der Waals surface area contributed by atoms with Crippen molar-refractivity contribution < 1.29 is 72.0 Å². The van der Waals surface area contributed by atoms with Crippen LogP contribution in [0.4, 0.5) is 0 Å². The molecule has 0 amide bonds. The molecule has 0 aliphatic carbocycles. The molecule has 12 nitrogen and oxygen atoms in total. The molecule has 0 fully saturated rings. The molecular weight excluding hydrogens is 561 g/mol. The number of rotatable bonds is 0. The molecule has 0 N–H and O–H groups in total. The zero-order chi connectivity index (χ0) is 18.0. The maximum atomic E-state index is 9.08. The quantitative estimate of drug-likeness (QED) is 0.259. The molecule has 0 aromatic carbocycles. The Morgan fingerprint density at radius 2 is 0.429 bits per heavy atom. The van der Waals surface area contributed by atoms with Gasteiger partial charge in [0.2, 0.25) is 0 Å². The predicted octanol–water partition coefficient (Wildman–Crippen LogP) is -3.36. The molecule has 0 aromatic rings. The summed E-state index contributed by atoms with van der Waals surface area (Å²) in [5, 5.41) is 0. The van der Waals surface area contributed by atoms with Crippen LogP contribution in [0.5, 0.6) is 0 Å². The molecule has 0 heterocycles. The van der Waals surface area contributed by atoms with E-state index < -0.39 is 40.5 Å². The molecule has 0 saturated carbocycles. The van der Waals surface area contributed by atoms with Crippen LogP contribution in [0.25, 0.3) is 0 Å². The second-order valence-corrected chi connectivity index (χ2v) is 8.45. The third-order valence-corrected chi connectivity index (χ3v) is 0. The fourth-order valence-electron chi connectivity index (χ4n) is 0. The van der Waals surface area contributed by atoms with Gasteiger partial charge in [-0.2, -0.15) is 0 Å². The zero-order valence-corrected chi connectivity index (χ0v) is 16.5. The van der Waals surface area contributed by atoms with E-state index in [1.165, 1.54) is 0 Å². The molecule has 0 saturated heterocycles. The largest absolute Gasteiger partial charge is 0.748 e. The molecule has 0 bridgehead atoms. The van der Waals surface area contributed by atoms with Crippen molar-refractivity contribution in [3.05, 3.63) is 0 Å². The van der Waals surface area contributed by atoms with Crippen molar-refractivity contribution in [3.8, 4) is 0 Å². The molecule has 137 valence electrons. The minimum absolute atomic E-state index is 0. The third kappa shape index (κ3) is 81100. The van der Waals surface area contributed by atoms with Crippen molar-refractivity contribution in [2.24, 2.45) is 0 Å². The Hall–Kier alpha value is 0.289. The number of hydrogen-bond donors (Lipinski definition) is 0. The van der Waals surface area contributed by atoms with Crippen molar-refractivity contribution in [1.82, 2.24) is 0 Å². The van der Waals surface area contributed by atoms with Crippen LogP contribution >= 0.6 is 0 Å². The molecule has 0 atom stereocenters. The van der Waals surface area contributed by atoms with Crippen LogP contribution in [0.15, 0.2) is 0 Å². The van der Waals surface area contributed by atoms with Crippen LogP contribution in [0, 0.1) is 0 Å². The molecule has 0 spiro atoms. The van der Waals surface area contributed by atoms with Crippen LogP contribution in [-0.4, -0.2) is 76.9 Å². The van der Waals surface area contributed by atoms with Crippen molar-refractivity contribution in [2.75, 3.05) is 25.0 Å². The molecule has 0 aliphatic heterocycles. The number of hydrogen-bond acceptors (Lipinski definition) is 12. The van der Waals surface area contributed by atoms with Gasteiger partial charge in [-0.25, -0.2) is 33.7 Å². The first kappa shape index (κ1) is 33.0. The zero-order valence-electron chi connectivity index (χ0n) is 10.9. The minimum Gasteiger partial charge on any atom is -0.748 e. The maximum Gasteiger partial charge on any atom is 0.0916 e. The summed E-state index contributed by atoms with van der Waals surface area (Å²) >= 11 is 0. The predicted molar refractivity (Wildman–Crippen MR) is 62.5 cm³/mol. The van der Waals surface area contributed by atoms with E-state index in [1.54, 1.807) is 0 Å². The Kier molecular flexibility index (Phi) is 20.1.